The zero-order chi connectivity index (χ0) is 18.2. The van der Waals surface area contributed by atoms with Gasteiger partial charge in [0.15, 0.2) is 11.5 Å². The molecule has 0 aliphatic carbocycles. The van der Waals surface area contributed by atoms with Crippen molar-refractivity contribution in [2.75, 3.05) is 20.8 Å². The summed E-state index contributed by atoms with van der Waals surface area (Å²) in [5.41, 5.74) is 1.26. The second-order valence-corrected chi connectivity index (χ2v) is 5.55. The average molecular weight is 363 g/mol. The maximum atomic E-state index is 12.2. The monoisotopic (exact) mass is 362 g/mol. The van der Waals surface area contributed by atoms with Crippen molar-refractivity contribution >= 4 is 23.4 Å². The minimum atomic E-state index is -0.433. The molecule has 0 unspecified atom stereocenters. The summed E-state index contributed by atoms with van der Waals surface area (Å²) in [6.07, 6.45) is 0. The Kier molecular flexibility index (Phi) is 6.65. The maximum absolute atomic E-state index is 12.2. The van der Waals surface area contributed by atoms with Gasteiger partial charge in [0, 0.05) is 12.1 Å². The molecule has 0 atom stereocenters. The number of methoxy groups -OCH3 is 2. The predicted octanol–water partition coefficient (Wildman–Crippen LogP) is 2.40. The molecule has 0 bridgehead atoms. The highest BCUT2D eigenvalue weighted by Crippen LogP contribution is 2.35. The summed E-state index contributed by atoms with van der Waals surface area (Å²) < 4.78 is 10.3. The molecule has 25 heavy (non-hydrogen) atoms. The van der Waals surface area contributed by atoms with Crippen LogP contribution in [0.25, 0.3) is 0 Å². The minimum Gasteiger partial charge on any atom is -0.493 e. The molecule has 132 valence electrons. The van der Waals surface area contributed by atoms with Crippen LogP contribution in [-0.4, -0.2) is 32.6 Å². The summed E-state index contributed by atoms with van der Waals surface area (Å²) in [4.78, 5) is 24.0. The number of nitrogens with one attached hydrogen (secondary N) is 2. The summed E-state index contributed by atoms with van der Waals surface area (Å²) in [5, 5.41) is 5.53. The van der Waals surface area contributed by atoms with E-state index in [1.807, 2.05) is 30.3 Å². The van der Waals surface area contributed by atoms with Gasteiger partial charge in [0.2, 0.25) is 5.91 Å². The predicted molar refractivity (Wildman–Crippen MR) is 95.2 cm³/mol. The van der Waals surface area contributed by atoms with Gasteiger partial charge in [-0.25, -0.2) is 0 Å². The van der Waals surface area contributed by atoms with E-state index in [1.54, 1.807) is 0 Å². The smallest absolute Gasteiger partial charge is 0.251 e. The molecule has 0 fully saturated rings. The molecule has 0 aromatic heterocycles. The van der Waals surface area contributed by atoms with E-state index < -0.39 is 5.91 Å². The number of benzene rings is 2. The lowest BCUT2D eigenvalue weighted by molar-refractivity contribution is -0.120. The third-order valence-electron chi connectivity index (χ3n) is 3.44. The molecule has 2 N–H and O–H groups in total. The second-order valence-electron chi connectivity index (χ2n) is 5.14. The molecular weight excluding hydrogens is 344 g/mol. The molecule has 2 amide bonds. The van der Waals surface area contributed by atoms with Crippen LogP contribution in [-0.2, 0) is 11.3 Å². The Morgan fingerprint density at radius 2 is 1.76 bits per heavy atom. The lowest BCUT2D eigenvalue weighted by atomic mass is 10.2. The minimum absolute atomic E-state index is 0.141. The summed E-state index contributed by atoms with van der Waals surface area (Å²) in [5.74, 6) is -0.0310. The highest BCUT2D eigenvalue weighted by molar-refractivity contribution is 6.32. The van der Waals surface area contributed by atoms with Crippen LogP contribution in [0.1, 0.15) is 15.9 Å². The molecule has 7 heteroatoms. The normalized spacial score (nSPS) is 10.0. The lowest BCUT2D eigenvalue weighted by Gasteiger charge is -2.12. The van der Waals surface area contributed by atoms with Crippen molar-refractivity contribution in [3.63, 3.8) is 0 Å². The molecule has 0 saturated heterocycles. The average Bonchev–Trinajstić information content (AvgIpc) is 2.64. The number of amides is 2. The molecular formula is C18H19ClN2O4. The fourth-order valence-corrected chi connectivity index (χ4v) is 2.46. The van der Waals surface area contributed by atoms with Crippen LogP contribution in [0.15, 0.2) is 42.5 Å². The molecule has 0 heterocycles. The molecule has 0 spiro atoms. The Morgan fingerprint density at radius 1 is 1.04 bits per heavy atom. The van der Waals surface area contributed by atoms with Gasteiger partial charge in [0.05, 0.1) is 25.8 Å². The van der Waals surface area contributed by atoms with Crippen LogP contribution >= 0.6 is 11.6 Å². The number of hydrogen-bond donors (Lipinski definition) is 2. The molecule has 2 aromatic rings. The van der Waals surface area contributed by atoms with Crippen LogP contribution in [0.2, 0.25) is 5.02 Å². The van der Waals surface area contributed by atoms with E-state index >= 15 is 0 Å². The molecule has 6 nitrogen and oxygen atoms in total. The Labute approximate surface area is 151 Å². The van der Waals surface area contributed by atoms with Crippen molar-refractivity contribution in [2.24, 2.45) is 0 Å². The standard InChI is InChI=1S/C18H19ClN2O4/c1-24-15-9-13(8-14(19)17(15)25-2)18(23)21-11-16(22)20-10-12-6-4-3-5-7-12/h3-9H,10-11H2,1-2H3,(H,20,22)(H,21,23). The molecule has 0 aliphatic heterocycles. The van der Waals surface area contributed by atoms with Gasteiger partial charge in [-0.05, 0) is 17.7 Å². The SMILES string of the molecule is COc1cc(C(=O)NCC(=O)NCc2ccccc2)cc(Cl)c1OC. The first kappa shape index (κ1) is 18.6. The quantitative estimate of drug-likeness (QED) is 0.793. The highest BCUT2D eigenvalue weighted by Gasteiger charge is 2.15. The van der Waals surface area contributed by atoms with Crippen molar-refractivity contribution in [1.29, 1.82) is 0 Å². The third kappa shape index (κ3) is 5.12. The van der Waals surface area contributed by atoms with Crippen LogP contribution in [0.4, 0.5) is 0 Å². The van der Waals surface area contributed by atoms with Crippen LogP contribution in [0, 0.1) is 0 Å². The van der Waals surface area contributed by atoms with Crippen molar-refractivity contribution in [3.8, 4) is 11.5 Å². The van der Waals surface area contributed by atoms with Crippen LogP contribution in [0.3, 0.4) is 0 Å². The number of ether oxygens (including phenoxy) is 2. The van der Waals surface area contributed by atoms with Gasteiger partial charge in [-0.2, -0.15) is 0 Å². The van der Waals surface area contributed by atoms with Gasteiger partial charge in [-0.3, -0.25) is 9.59 Å². The first-order chi connectivity index (χ1) is 12.0. The van der Waals surface area contributed by atoms with E-state index in [0.717, 1.165) is 5.56 Å². The van der Waals surface area contributed by atoms with Gasteiger partial charge < -0.3 is 20.1 Å². The van der Waals surface area contributed by atoms with E-state index in [0.29, 0.717) is 18.0 Å². The Bertz CT molecular complexity index is 750. The van der Waals surface area contributed by atoms with Crippen molar-refractivity contribution < 1.29 is 19.1 Å². The summed E-state index contributed by atoms with van der Waals surface area (Å²) >= 11 is 6.07. The van der Waals surface area contributed by atoms with Crippen molar-refractivity contribution in [2.45, 2.75) is 6.54 Å². The van der Waals surface area contributed by atoms with Gasteiger partial charge in [-0.1, -0.05) is 41.9 Å². The lowest BCUT2D eigenvalue weighted by Crippen LogP contribution is -2.36. The summed E-state index contributed by atoms with van der Waals surface area (Å²) in [7, 11) is 2.91. The summed E-state index contributed by atoms with van der Waals surface area (Å²) in [6, 6.07) is 12.5. The van der Waals surface area contributed by atoms with Gasteiger partial charge in [0.1, 0.15) is 0 Å². The number of halogens is 1. The number of carbonyl (C=O) groups excluding carboxylic acids is 2. The van der Waals surface area contributed by atoms with E-state index in [2.05, 4.69) is 10.6 Å². The highest BCUT2D eigenvalue weighted by atomic mass is 35.5. The number of carbonyl (C=O) groups is 2. The van der Waals surface area contributed by atoms with Gasteiger partial charge >= 0.3 is 0 Å². The Balaban J connectivity index is 1.91. The third-order valence-corrected chi connectivity index (χ3v) is 3.72. The Morgan fingerprint density at radius 3 is 2.40 bits per heavy atom. The van der Waals surface area contributed by atoms with Crippen molar-refractivity contribution in [3.05, 3.63) is 58.6 Å². The van der Waals surface area contributed by atoms with E-state index in [9.17, 15) is 9.59 Å². The summed E-state index contributed by atoms with van der Waals surface area (Å²) in [6.45, 7) is 0.259. The van der Waals surface area contributed by atoms with Crippen LogP contribution in [0.5, 0.6) is 11.5 Å². The largest absolute Gasteiger partial charge is 0.493 e. The van der Waals surface area contributed by atoms with E-state index in [-0.39, 0.29) is 23.0 Å². The maximum Gasteiger partial charge on any atom is 0.251 e. The van der Waals surface area contributed by atoms with E-state index in [4.69, 9.17) is 21.1 Å². The number of hydrogen-bond acceptors (Lipinski definition) is 4. The van der Waals surface area contributed by atoms with Crippen LogP contribution < -0.4 is 20.1 Å². The molecule has 0 aliphatic rings. The Hall–Kier alpha value is -2.73. The van der Waals surface area contributed by atoms with E-state index in [1.165, 1.54) is 26.4 Å². The number of rotatable bonds is 7. The second kappa shape index (κ2) is 8.94. The fourth-order valence-electron chi connectivity index (χ4n) is 2.17. The first-order valence-electron chi connectivity index (χ1n) is 7.55. The first-order valence-corrected chi connectivity index (χ1v) is 7.93. The zero-order valence-electron chi connectivity index (χ0n) is 14.0. The van der Waals surface area contributed by atoms with Gasteiger partial charge in [0.25, 0.3) is 5.91 Å². The van der Waals surface area contributed by atoms with Gasteiger partial charge in [-0.15, -0.1) is 0 Å². The molecule has 0 saturated carbocycles. The molecule has 2 aromatic carbocycles. The molecule has 2 rings (SSSR count). The fraction of sp³-hybridized carbons (Fsp3) is 0.222. The topological polar surface area (TPSA) is 76.7 Å². The zero-order valence-corrected chi connectivity index (χ0v) is 14.7. The molecule has 0 radical (unpaired) electrons. The van der Waals surface area contributed by atoms with Crippen molar-refractivity contribution in [1.82, 2.24) is 10.6 Å².